The largest absolute Gasteiger partial charge is 0.464 e. The number of aliphatic hydroxyl groups is 1. The summed E-state index contributed by atoms with van der Waals surface area (Å²) in [6, 6.07) is 0.330. The molecule has 0 aromatic rings. The smallest absolute Gasteiger partial charge is 0.305 e. The Balaban J connectivity index is 3.45. The third-order valence-electron chi connectivity index (χ3n) is 9.42. The van der Waals surface area contributed by atoms with Gasteiger partial charge < -0.3 is 15.2 Å². The number of hydrogen-bond acceptors (Lipinski definition) is 4. The van der Waals surface area contributed by atoms with Gasteiger partial charge >= 0.3 is 5.97 Å². The Labute approximate surface area is 277 Å². The highest BCUT2D eigenvalue weighted by Gasteiger charge is 2.08. The molecule has 0 heterocycles. The molecule has 0 amide bonds. The Morgan fingerprint density at radius 2 is 0.841 bits per heavy atom. The van der Waals surface area contributed by atoms with Crippen LogP contribution in [0.2, 0.25) is 0 Å². The molecule has 0 bridgehead atoms. The van der Waals surface area contributed by atoms with E-state index in [0.717, 1.165) is 25.7 Å². The highest BCUT2D eigenvalue weighted by molar-refractivity contribution is 5.69. The minimum absolute atomic E-state index is 0.0531. The maximum absolute atomic E-state index is 12.1. The molecule has 2 N–H and O–H groups in total. The number of nitrogens with one attached hydrogen (secondary N) is 1. The zero-order chi connectivity index (χ0) is 32.0. The molecule has 1 atom stereocenters. The van der Waals surface area contributed by atoms with Crippen LogP contribution in [0.25, 0.3) is 0 Å². The van der Waals surface area contributed by atoms with Crippen molar-refractivity contribution in [1.82, 2.24) is 5.32 Å². The summed E-state index contributed by atoms with van der Waals surface area (Å²) in [5.41, 5.74) is 0. The third kappa shape index (κ3) is 35.9. The number of carbonyl (C=O) groups excluding carboxylic acids is 1. The molecule has 0 aromatic heterocycles. The highest BCUT2D eigenvalue weighted by Crippen LogP contribution is 2.16. The van der Waals surface area contributed by atoms with Gasteiger partial charge in [0.25, 0.3) is 0 Å². The first-order valence-electron chi connectivity index (χ1n) is 20.2. The van der Waals surface area contributed by atoms with E-state index in [1.165, 1.54) is 180 Å². The Morgan fingerprint density at radius 1 is 0.500 bits per heavy atom. The maximum atomic E-state index is 12.1. The van der Waals surface area contributed by atoms with Crippen LogP contribution < -0.4 is 5.32 Å². The standard InChI is InChI=1S/C40H81NO3/c1-3-5-7-9-11-13-15-17-19-21-23-25-27-29-31-33-39(35-37-42)41-36-38-44-40(43)34-32-30-28-26-24-22-20-18-16-14-12-10-8-6-4-2/h39,41-42H,3-38H2,1-2H3. The number of rotatable bonds is 38. The van der Waals surface area contributed by atoms with Gasteiger partial charge in [0.1, 0.15) is 6.61 Å². The number of unbranched alkanes of at least 4 members (excludes halogenated alkanes) is 28. The van der Waals surface area contributed by atoms with Crippen LogP contribution in [0.3, 0.4) is 0 Å². The van der Waals surface area contributed by atoms with E-state index in [0.29, 0.717) is 25.6 Å². The lowest BCUT2D eigenvalue weighted by Gasteiger charge is -2.17. The van der Waals surface area contributed by atoms with Gasteiger partial charge in [-0.2, -0.15) is 0 Å². The van der Waals surface area contributed by atoms with Crippen LogP contribution in [0.5, 0.6) is 0 Å². The second-order valence-electron chi connectivity index (χ2n) is 13.8. The fraction of sp³-hybridized carbons (Fsp3) is 0.975. The molecule has 0 rings (SSSR count). The molecule has 0 fully saturated rings. The van der Waals surface area contributed by atoms with Gasteiger partial charge in [-0.05, 0) is 19.3 Å². The van der Waals surface area contributed by atoms with Crippen molar-refractivity contribution in [2.45, 2.75) is 232 Å². The minimum Gasteiger partial charge on any atom is -0.464 e. The van der Waals surface area contributed by atoms with Crippen LogP contribution in [0.1, 0.15) is 226 Å². The van der Waals surface area contributed by atoms with Gasteiger partial charge in [0.2, 0.25) is 0 Å². The first-order valence-corrected chi connectivity index (χ1v) is 20.2. The summed E-state index contributed by atoms with van der Waals surface area (Å²) in [5.74, 6) is -0.0531. The summed E-state index contributed by atoms with van der Waals surface area (Å²) in [6.45, 7) is 5.92. The minimum atomic E-state index is -0.0531. The van der Waals surface area contributed by atoms with Gasteiger partial charge in [-0.15, -0.1) is 0 Å². The van der Waals surface area contributed by atoms with Crippen molar-refractivity contribution in [1.29, 1.82) is 0 Å². The molecule has 0 saturated carbocycles. The van der Waals surface area contributed by atoms with E-state index in [2.05, 4.69) is 19.2 Å². The highest BCUT2D eigenvalue weighted by atomic mass is 16.5. The Bertz CT molecular complexity index is 541. The monoisotopic (exact) mass is 624 g/mol. The quantitative estimate of drug-likeness (QED) is 0.0530. The van der Waals surface area contributed by atoms with Crippen molar-refractivity contribution in [3.63, 3.8) is 0 Å². The third-order valence-corrected chi connectivity index (χ3v) is 9.42. The fourth-order valence-corrected chi connectivity index (χ4v) is 6.41. The molecule has 0 aliphatic heterocycles. The second-order valence-corrected chi connectivity index (χ2v) is 13.8. The average Bonchev–Trinajstić information content (AvgIpc) is 3.03. The molecule has 0 radical (unpaired) electrons. The van der Waals surface area contributed by atoms with E-state index in [1.807, 2.05) is 0 Å². The molecular formula is C40H81NO3. The predicted octanol–water partition coefficient (Wildman–Crippen LogP) is 12.4. The van der Waals surface area contributed by atoms with Crippen LogP contribution in [0.4, 0.5) is 0 Å². The normalized spacial score (nSPS) is 12.2. The summed E-state index contributed by atoms with van der Waals surface area (Å²) in [7, 11) is 0. The lowest BCUT2D eigenvalue weighted by atomic mass is 10.0. The molecule has 4 nitrogen and oxygen atoms in total. The molecule has 0 aliphatic rings. The number of hydrogen-bond donors (Lipinski definition) is 2. The van der Waals surface area contributed by atoms with Crippen LogP contribution in [0.15, 0.2) is 0 Å². The van der Waals surface area contributed by atoms with Gasteiger partial charge in [0, 0.05) is 25.6 Å². The van der Waals surface area contributed by atoms with Gasteiger partial charge in [0.15, 0.2) is 0 Å². The Morgan fingerprint density at radius 3 is 1.20 bits per heavy atom. The second kappa shape index (κ2) is 38.6. The molecular weight excluding hydrogens is 542 g/mol. The predicted molar refractivity (Wildman–Crippen MR) is 194 cm³/mol. The maximum Gasteiger partial charge on any atom is 0.305 e. The Hall–Kier alpha value is -0.610. The fourth-order valence-electron chi connectivity index (χ4n) is 6.41. The van der Waals surface area contributed by atoms with Gasteiger partial charge in [-0.25, -0.2) is 0 Å². The van der Waals surface area contributed by atoms with E-state index in [1.54, 1.807) is 0 Å². The van der Waals surface area contributed by atoms with E-state index >= 15 is 0 Å². The number of carbonyl (C=O) groups is 1. The summed E-state index contributed by atoms with van der Waals surface area (Å²) in [4.78, 5) is 12.1. The Kier molecular flexibility index (Phi) is 38.0. The van der Waals surface area contributed by atoms with Crippen LogP contribution in [0, 0.1) is 0 Å². The first-order chi connectivity index (χ1) is 21.7. The number of ether oxygens (including phenoxy) is 1. The topological polar surface area (TPSA) is 58.6 Å². The van der Waals surface area contributed by atoms with Gasteiger partial charge in [-0.3, -0.25) is 4.79 Å². The van der Waals surface area contributed by atoms with Crippen molar-refractivity contribution in [3.05, 3.63) is 0 Å². The summed E-state index contributed by atoms with van der Waals surface area (Å²) < 4.78 is 5.46. The summed E-state index contributed by atoms with van der Waals surface area (Å²) in [5, 5.41) is 13.0. The van der Waals surface area contributed by atoms with Crippen molar-refractivity contribution in [2.24, 2.45) is 0 Å². The van der Waals surface area contributed by atoms with Crippen molar-refractivity contribution < 1.29 is 14.6 Å². The van der Waals surface area contributed by atoms with E-state index < -0.39 is 0 Å². The average molecular weight is 624 g/mol. The molecule has 0 spiro atoms. The van der Waals surface area contributed by atoms with E-state index in [-0.39, 0.29) is 12.6 Å². The lowest BCUT2D eigenvalue weighted by Crippen LogP contribution is -2.33. The molecule has 0 saturated heterocycles. The molecule has 1 unspecified atom stereocenters. The SMILES string of the molecule is CCCCCCCCCCCCCCCCCC(=O)OCCNC(CCO)CCCCCCCCCCCCCCCCC. The van der Waals surface area contributed by atoms with E-state index in [9.17, 15) is 9.90 Å². The van der Waals surface area contributed by atoms with Crippen molar-refractivity contribution in [3.8, 4) is 0 Å². The first kappa shape index (κ1) is 43.4. The zero-order valence-corrected chi connectivity index (χ0v) is 30.3. The molecule has 0 aliphatic carbocycles. The van der Waals surface area contributed by atoms with Crippen LogP contribution in [-0.2, 0) is 9.53 Å². The van der Waals surface area contributed by atoms with Gasteiger partial charge in [0.05, 0.1) is 0 Å². The number of esters is 1. The van der Waals surface area contributed by atoms with Crippen LogP contribution >= 0.6 is 0 Å². The molecule has 264 valence electrons. The molecule has 4 heteroatoms. The summed E-state index contributed by atoms with van der Waals surface area (Å²) >= 11 is 0. The molecule has 0 aromatic carbocycles. The van der Waals surface area contributed by atoms with E-state index in [4.69, 9.17) is 4.74 Å². The van der Waals surface area contributed by atoms with Crippen molar-refractivity contribution in [2.75, 3.05) is 19.8 Å². The molecule has 44 heavy (non-hydrogen) atoms. The summed E-state index contributed by atoms with van der Waals surface area (Å²) in [6.07, 6.45) is 43.3. The van der Waals surface area contributed by atoms with Crippen molar-refractivity contribution >= 4 is 5.97 Å². The zero-order valence-electron chi connectivity index (χ0n) is 30.3. The number of aliphatic hydroxyl groups excluding tert-OH is 1. The lowest BCUT2D eigenvalue weighted by molar-refractivity contribution is -0.143. The van der Waals surface area contributed by atoms with Crippen LogP contribution in [-0.4, -0.2) is 36.9 Å². The van der Waals surface area contributed by atoms with Gasteiger partial charge in [-0.1, -0.05) is 200 Å².